The Bertz CT molecular complexity index is 70.2. The van der Waals surface area contributed by atoms with E-state index in [9.17, 15) is 0 Å². The van der Waals surface area contributed by atoms with Crippen LogP contribution in [0.4, 0.5) is 0 Å². The van der Waals surface area contributed by atoms with Crippen molar-refractivity contribution in [3.8, 4) is 0 Å². The Balaban J connectivity index is 3.58. The van der Waals surface area contributed by atoms with Crippen molar-refractivity contribution in [2.45, 2.75) is 27.7 Å². The normalized spacial score (nSPS) is 13.5. The van der Waals surface area contributed by atoms with Gasteiger partial charge in [0, 0.05) is 0 Å². The molecule has 0 aromatic rings. The second-order valence-electron chi connectivity index (χ2n) is 2.18. The zero-order valence-corrected chi connectivity index (χ0v) is 12.1. The Morgan fingerprint density at radius 1 is 0.727 bits per heavy atom. The number of hydrogen-bond donors (Lipinski definition) is 2. The van der Waals surface area contributed by atoms with Gasteiger partial charge in [0.05, 0.1) is 0 Å². The predicted octanol–water partition coefficient (Wildman–Crippen LogP) is 2.98. The fourth-order valence-electron chi connectivity index (χ4n) is 0.753. The molecular formula is C8H22PtS2. The van der Waals surface area contributed by atoms with E-state index in [1.54, 1.807) is 0 Å². The van der Waals surface area contributed by atoms with Gasteiger partial charge in [-0.3, -0.25) is 0 Å². The third-order valence-corrected chi connectivity index (χ3v) is 25.7. The zero-order valence-electron chi connectivity index (χ0n) is 8.04. The van der Waals surface area contributed by atoms with Gasteiger partial charge >= 0.3 is 83.9 Å². The third kappa shape index (κ3) is 5.60. The van der Waals surface area contributed by atoms with Gasteiger partial charge in [-0.2, -0.15) is 0 Å². The minimum atomic E-state index is 0.533. The van der Waals surface area contributed by atoms with Crippen LogP contribution in [0.3, 0.4) is 0 Å². The Labute approximate surface area is 83.6 Å². The molecule has 0 aliphatic rings. The first-order valence-electron chi connectivity index (χ1n) is 4.38. The topological polar surface area (TPSA) is 0 Å². The summed E-state index contributed by atoms with van der Waals surface area (Å²) >= 11 is 0.613. The van der Waals surface area contributed by atoms with Gasteiger partial charge in [-0.15, -0.1) is 0 Å². The molecule has 0 saturated heterocycles. The number of hydrogen-bond acceptors (Lipinski definition) is 0. The number of rotatable bonds is 6. The van der Waals surface area contributed by atoms with E-state index in [-0.39, 0.29) is 0 Å². The molecule has 0 saturated carbocycles. The van der Waals surface area contributed by atoms with Crippen molar-refractivity contribution in [3.63, 3.8) is 0 Å². The van der Waals surface area contributed by atoms with E-state index in [0.717, 1.165) is 0 Å². The second-order valence-corrected chi connectivity index (χ2v) is 19.6. The molecule has 0 fully saturated rings. The number of thiol groups is 2. The van der Waals surface area contributed by atoms with E-state index in [2.05, 4.69) is 27.7 Å². The van der Waals surface area contributed by atoms with Gasteiger partial charge in [0.25, 0.3) is 0 Å². The first-order valence-corrected chi connectivity index (χ1v) is 13.6. The van der Waals surface area contributed by atoms with E-state index in [1.807, 2.05) is 0 Å². The Hall–Kier alpha value is 1.39. The van der Waals surface area contributed by atoms with E-state index >= 15 is 0 Å². The molecule has 0 heterocycles. The summed E-state index contributed by atoms with van der Waals surface area (Å²) in [4.78, 5) is 0. The molecule has 0 aromatic carbocycles. The van der Waals surface area contributed by atoms with Crippen LogP contribution in [-0.2, 0) is 16.0 Å². The van der Waals surface area contributed by atoms with Crippen molar-refractivity contribution in [2.24, 2.45) is 0 Å². The maximum absolute atomic E-state index is 2.38. The summed E-state index contributed by atoms with van der Waals surface area (Å²) in [6, 6.07) is 0. The molecule has 0 atom stereocenters. The van der Waals surface area contributed by atoms with E-state index in [4.69, 9.17) is 0 Å². The predicted molar refractivity (Wildman–Crippen MR) is 60.1 cm³/mol. The third-order valence-electron chi connectivity index (χ3n) is 1.47. The second kappa shape index (κ2) is 8.01. The maximum atomic E-state index is 2.38. The summed E-state index contributed by atoms with van der Waals surface area (Å²) in [5.74, 6) is 5.99. The molecule has 0 aromatic heterocycles. The zero-order chi connectivity index (χ0) is 8.69. The van der Waals surface area contributed by atoms with Crippen molar-refractivity contribution in [1.29, 1.82) is 0 Å². The molecule has 0 aliphatic carbocycles. The van der Waals surface area contributed by atoms with E-state index in [1.165, 1.54) is 23.0 Å². The van der Waals surface area contributed by atoms with Crippen LogP contribution in [0.2, 0.25) is 0 Å². The first kappa shape index (κ1) is 12.4. The van der Waals surface area contributed by atoms with Crippen LogP contribution in [0, 0.1) is 0 Å². The molecular weight excluding hydrogens is 355 g/mol. The van der Waals surface area contributed by atoms with E-state index in [0.29, 0.717) is 33.2 Å². The molecule has 0 rings (SSSR count). The van der Waals surface area contributed by atoms with Gasteiger partial charge in [0.15, 0.2) is 0 Å². The summed E-state index contributed by atoms with van der Waals surface area (Å²) in [5, 5.41) is 0. The van der Waals surface area contributed by atoms with Crippen molar-refractivity contribution in [1.82, 2.24) is 0 Å². The molecule has 0 bridgehead atoms. The monoisotopic (exact) mass is 377 g/mol. The molecule has 0 N–H and O–H groups in total. The Kier molecular flexibility index (Phi) is 9.02. The van der Waals surface area contributed by atoms with Gasteiger partial charge in [-0.25, -0.2) is 0 Å². The summed E-state index contributed by atoms with van der Waals surface area (Å²) in [5.41, 5.74) is 0. The van der Waals surface area contributed by atoms with Crippen LogP contribution in [0.25, 0.3) is 0 Å². The summed E-state index contributed by atoms with van der Waals surface area (Å²) in [6.07, 6.45) is 0. The molecule has 0 aliphatic heterocycles. The van der Waals surface area contributed by atoms with Crippen LogP contribution in [0.15, 0.2) is 0 Å². The fraction of sp³-hybridized carbons (Fsp3) is 1.00. The average Bonchev–Trinajstić information content (AvgIpc) is 2.07. The van der Waals surface area contributed by atoms with Gasteiger partial charge in [-0.05, 0) is 0 Å². The molecule has 0 nitrogen and oxygen atoms in total. The summed E-state index contributed by atoms with van der Waals surface area (Å²) in [6.45, 7) is 9.53. The molecule has 0 amide bonds. The standard InChI is InChI=1S/2C4H10S.Pt/c2*1-3-5-4-2;/h2*3-4H2,1-2H3;/q;;-2/p+2. The first-order chi connectivity index (χ1) is 5.28. The van der Waals surface area contributed by atoms with Crippen molar-refractivity contribution < 1.29 is 16.0 Å². The van der Waals surface area contributed by atoms with Crippen molar-refractivity contribution in [3.05, 3.63) is 0 Å². The van der Waals surface area contributed by atoms with Crippen LogP contribution < -0.4 is 0 Å². The van der Waals surface area contributed by atoms with Crippen LogP contribution in [0.5, 0.6) is 0 Å². The molecule has 0 radical (unpaired) electrons. The minimum absolute atomic E-state index is 0.533. The van der Waals surface area contributed by atoms with Crippen LogP contribution >= 0.6 is 17.2 Å². The Morgan fingerprint density at radius 2 is 1.00 bits per heavy atom. The molecule has 76 valence electrons. The average molecular weight is 377 g/mol. The molecule has 0 spiro atoms. The molecule has 0 unspecified atom stereocenters. The van der Waals surface area contributed by atoms with E-state index < -0.39 is 0 Å². The van der Waals surface area contributed by atoms with Gasteiger partial charge in [0.2, 0.25) is 0 Å². The fourth-order valence-corrected chi connectivity index (χ4v) is 23.8. The van der Waals surface area contributed by atoms with Gasteiger partial charge in [0.1, 0.15) is 0 Å². The Morgan fingerprint density at radius 3 is 1.18 bits per heavy atom. The van der Waals surface area contributed by atoms with Crippen molar-refractivity contribution >= 4 is 17.2 Å². The van der Waals surface area contributed by atoms with Crippen LogP contribution in [0.1, 0.15) is 27.7 Å². The van der Waals surface area contributed by atoms with Gasteiger partial charge in [-0.1, -0.05) is 0 Å². The van der Waals surface area contributed by atoms with Crippen molar-refractivity contribution in [2.75, 3.05) is 23.0 Å². The van der Waals surface area contributed by atoms with Crippen LogP contribution in [-0.4, -0.2) is 23.0 Å². The van der Waals surface area contributed by atoms with Gasteiger partial charge < -0.3 is 0 Å². The molecule has 3 heteroatoms. The quantitative estimate of drug-likeness (QED) is 0.654. The summed E-state index contributed by atoms with van der Waals surface area (Å²) < 4.78 is 0. The SMILES string of the molecule is CC[SH](CC)[Pt][SH](CC)CC. The molecule has 11 heavy (non-hydrogen) atoms. The summed E-state index contributed by atoms with van der Waals surface area (Å²) in [7, 11) is 1.07.